The largest absolute Gasteiger partial charge is 0.493 e. The van der Waals surface area contributed by atoms with Crippen LogP contribution in [0.3, 0.4) is 0 Å². The molecule has 0 radical (unpaired) electrons. The van der Waals surface area contributed by atoms with E-state index in [1.54, 1.807) is 6.07 Å². The third-order valence-corrected chi connectivity index (χ3v) is 3.50. The summed E-state index contributed by atoms with van der Waals surface area (Å²) in [6.07, 6.45) is 0.958. The van der Waals surface area contributed by atoms with E-state index >= 15 is 0 Å². The number of anilines is 1. The van der Waals surface area contributed by atoms with Crippen LogP contribution in [0.15, 0.2) is 36.4 Å². The van der Waals surface area contributed by atoms with Gasteiger partial charge in [0.15, 0.2) is 0 Å². The molecule has 0 fully saturated rings. The Labute approximate surface area is 140 Å². The van der Waals surface area contributed by atoms with E-state index in [4.69, 9.17) is 39.5 Å². The predicted molar refractivity (Wildman–Crippen MR) is 91.0 cm³/mol. The number of nitrogens with one attached hydrogen (secondary N) is 1. The maximum Gasteiger partial charge on any atom is 0.124 e. The number of hydrogen-bond donors (Lipinski definition) is 1. The van der Waals surface area contributed by atoms with E-state index in [1.165, 1.54) is 0 Å². The van der Waals surface area contributed by atoms with Gasteiger partial charge in [-0.25, -0.2) is 0 Å². The van der Waals surface area contributed by atoms with Crippen molar-refractivity contribution in [2.75, 3.05) is 11.9 Å². The predicted octanol–water partition coefficient (Wildman–Crippen LogP) is 6.05. The second-order valence-electron chi connectivity index (χ2n) is 4.61. The molecule has 21 heavy (non-hydrogen) atoms. The molecule has 0 saturated carbocycles. The van der Waals surface area contributed by atoms with Gasteiger partial charge in [0.25, 0.3) is 0 Å². The highest BCUT2D eigenvalue weighted by molar-refractivity contribution is 6.35. The van der Waals surface area contributed by atoms with Gasteiger partial charge in [-0.3, -0.25) is 0 Å². The summed E-state index contributed by atoms with van der Waals surface area (Å²) in [7, 11) is 0. The van der Waals surface area contributed by atoms with Gasteiger partial charge in [0.1, 0.15) is 5.75 Å². The van der Waals surface area contributed by atoms with Gasteiger partial charge in [0, 0.05) is 32.9 Å². The summed E-state index contributed by atoms with van der Waals surface area (Å²) >= 11 is 18.0. The van der Waals surface area contributed by atoms with E-state index in [-0.39, 0.29) is 0 Å². The number of hydrogen-bond acceptors (Lipinski definition) is 2. The molecule has 0 aliphatic heterocycles. The molecule has 2 nitrogen and oxygen atoms in total. The van der Waals surface area contributed by atoms with Crippen LogP contribution < -0.4 is 10.1 Å². The van der Waals surface area contributed by atoms with Crippen molar-refractivity contribution in [1.29, 1.82) is 0 Å². The fourth-order valence-electron chi connectivity index (χ4n) is 1.89. The van der Waals surface area contributed by atoms with Crippen LogP contribution in [0.4, 0.5) is 5.69 Å². The van der Waals surface area contributed by atoms with Gasteiger partial charge >= 0.3 is 0 Å². The quantitative estimate of drug-likeness (QED) is 0.689. The number of rotatable bonds is 6. The maximum atomic E-state index is 6.06. The first-order valence-corrected chi connectivity index (χ1v) is 7.83. The lowest BCUT2D eigenvalue weighted by Crippen LogP contribution is -2.04. The Hall–Kier alpha value is -1.09. The van der Waals surface area contributed by atoms with Gasteiger partial charge in [-0.15, -0.1) is 0 Å². The van der Waals surface area contributed by atoms with E-state index in [1.807, 2.05) is 30.3 Å². The average Bonchev–Trinajstić information content (AvgIpc) is 2.43. The lowest BCUT2D eigenvalue weighted by Gasteiger charge is -2.13. The first-order valence-electron chi connectivity index (χ1n) is 6.69. The summed E-state index contributed by atoms with van der Waals surface area (Å²) in [5.41, 5.74) is 1.85. The minimum absolute atomic E-state index is 0.580. The van der Waals surface area contributed by atoms with Crippen LogP contribution in [0.2, 0.25) is 15.1 Å². The summed E-state index contributed by atoms with van der Waals surface area (Å²) in [5, 5.41) is 5.15. The normalized spacial score (nSPS) is 10.5. The average molecular weight is 345 g/mol. The molecule has 2 aromatic carbocycles. The molecule has 0 unspecified atom stereocenters. The molecule has 2 aromatic rings. The van der Waals surface area contributed by atoms with Crippen LogP contribution in [-0.2, 0) is 6.54 Å². The van der Waals surface area contributed by atoms with Crippen molar-refractivity contribution >= 4 is 40.5 Å². The van der Waals surface area contributed by atoms with E-state index in [2.05, 4.69) is 12.2 Å². The SMILES string of the molecule is CCCOc1ccc(Cl)cc1CNc1cc(Cl)cc(Cl)c1. The summed E-state index contributed by atoms with van der Waals surface area (Å²) in [6.45, 7) is 3.33. The molecule has 0 aliphatic rings. The summed E-state index contributed by atoms with van der Waals surface area (Å²) in [6, 6.07) is 11.0. The van der Waals surface area contributed by atoms with Crippen LogP contribution >= 0.6 is 34.8 Å². The second-order valence-corrected chi connectivity index (χ2v) is 5.92. The molecule has 0 aliphatic carbocycles. The third-order valence-electron chi connectivity index (χ3n) is 2.83. The number of benzene rings is 2. The Morgan fingerprint density at radius 1 is 0.952 bits per heavy atom. The van der Waals surface area contributed by atoms with Gasteiger partial charge in [0.05, 0.1) is 6.61 Å². The highest BCUT2D eigenvalue weighted by Gasteiger charge is 2.06. The molecular weight excluding hydrogens is 329 g/mol. The van der Waals surface area contributed by atoms with Crippen molar-refractivity contribution in [3.63, 3.8) is 0 Å². The van der Waals surface area contributed by atoms with Crippen molar-refractivity contribution in [2.45, 2.75) is 19.9 Å². The molecule has 5 heteroatoms. The standard InChI is InChI=1S/C16H16Cl3NO/c1-2-5-21-16-4-3-12(17)6-11(16)10-20-15-8-13(18)7-14(19)9-15/h3-4,6-9,20H,2,5,10H2,1H3. The van der Waals surface area contributed by atoms with Crippen molar-refractivity contribution in [2.24, 2.45) is 0 Å². The van der Waals surface area contributed by atoms with Gasteiger partial charge < -0.3 is 10.1 Å². The Bertz CT molecular complexity index is 596. The summed E-state index contributed by atoms with van der Waals surface area (Å²) in [5.74, 6) is 0.835. The molecule has 2 rings (SSSR count). The molecule has 0 atom stereocenters. The Morgan fingerprint density at radius 3 is 2.33 bits per heavy atom. The van der Waals surface area contributed by atoms with Crippen LogP contribution in [0.1, 0.15) is 18.9 Å². The fraction of sp³-hybridized carbons (Fsp3) is 0.250. The minimum Gasteiger partial charge on any atom is -0.493 e. The van der Waals surface area contributed by atoms with Gasteiger partial charge in [0.2, 0.25) is 0 Å². The Kier molecular flexibility index (Phi) is 6.04. The Morgan fingerprint density at radius 2 is 1.67 bits per heavy atom. The van der Waals surface area contributed by atoms with Crippen molar-refractivity contribution in [3.05, 3.63) is 57.0 Å². The molecule has 0 spiro atoms. The molecule has 1 N–H and O–H groups in total. The number of ether oxygens (including phenoxy) is 1. The summed E-state index contributed by atoms with van der Waals surface area (Å²) < 4.78 is 5.73. The van der Waals surface area contributed by atoms with Crippen molar-refractivity contribution in [1.82, 2.24) is 0 Å². The molecule has 0 heterocycles. The second kappa shape index (κ2) is 7.79. The van der Waals surface area contributed by atoms with Gasteiger partial charge in [-0.2, -0.15) is 0 Å². The first-order chi connectivity index (χ1) is 10.1. The molecule has 0 bridgehead atoms. The Balaban J connectivity index is 2.12. The van der Waals surface area contributed by atoms with E-state index in [0.717, 1.165) is 23.4 Å². The lowest BCUT2D eigenvalue weighted by molar-refractivity contribution is 0.314. The number of halogens is 3. The fourth-order valence-corrected chi connectivity index (χ4v) is 2.61. The van der Waals surface area contributed by atoms with E-state index < -0.39 is 0 Å². The molecule has 112 valence electrons. The van der Waals surface area contributed by atoms with Crippen molar-refractivity contribution in [3.8, 4) is 5.75 Å². The van der Waals surface area contributed by atoms with Crippen LogP contribution in [0, 0.1) is 0 Å². The monoisotopic (exact) mass is 343 g/mol. The van der Waals surface area contributed by atoms with Crippen molar-refractivity contribution < 1.29 is 4.74 Å². The van der Waals surface area contributed by atoms with Crippen LogP contribution in [0.25, 0.3) is 0 Å². The van der Waals surface area contributed by atoms with E-state index in [0.29, 0.717) is 28.2 Å². The highest BCUT2D eigenvalue weighted by atomic mass is 35.5. The zero-order valence-corrected chi connectivity index (χ0v) is 13.9. The smallest absolute Gasteiger partial charge is 0.124 e. The molecular formula is C16H16Cl3NO. The maximum absolute atomic E-state index is 6.06. The first kappa shape index (κ1) is 16.3. The minimum atomic E-state index is 0.580. The van der Waals surface area contributed by atoms with Crippen LogP contribution in [0.5, 0.6) is 5.75 Å². The van der Waals surface area contributed by atoms with Gasteiger partial charge in [-0.05, 0) is 42.8 Å². The molecule has 0 aromatic heterocycles. The van der Waals surface area contributed by atoms with Gasteiger partial charge in [-0.1, -0.05) is 41.7 Å². The lowest BCUT2D eigenvalue weighted by atomic mass is 10.2. The topological polar surface area (TPSA) is 21.3 Å². The summed E-state index contributed by atoms with van der Waals surface area (Å²) in [4.78, 5) is 0. The molecule has 0 amide bonds. The zero-order valence-electron chi connectivity index (χ0n) is 11.6. The van der Waals surface area contributed by atoms with E-state index in [9.17, 15) is 0 Å². The van der Waals surface area contributed by atoms with Crippen LogP contribution in [-0.4, -0.2) is 6.61 Å². The third kappa shape index (κ3) is 4.99. The highest BCUT2D eigenvalue weighted by Crippen LogP contribution is 2.26. The zero-order chi connectivity index (χ0) is 15.2. The molecule has 0 saturated heterocycles.